The molecule has 0 aliphatic rings. The predicted octanol–water partition coefficient (Wildman–Crippen LogP) is 2.45. The maximum Gasteiger partial charge on any atom is 0.251 e. The predicted molar refractivity (Wildman–Crippen MR) is 74.8 cm³/mol. The first-order chi connectivity index (χ1) is 9.88. The molecule has 3 N–H and O–H groups in total. The number of amides is 1. The molecule has 0 bridgehead atoms. The van der Waals surface area contributed by atoms with Crippen molar-refractivity contribution in [1.29, 1.82) is 0 Å². The summed E-state index contributed by atoms with van der Waals surface area (Å²) in [4.78, 5) is 11.1. The number of aromatic nitrogens is 2. The topological polar surface area (TPSA) is 72.9 Å². The summed E-state index contributed by atoms with van der Waals surface area (Å²) in [6.07, 6.45) is 3.48. The van der Waals surface area contributed by atoms with Crippen molar-refractivity contribution < 1.29 is 13.6 Å². The number of carbonyl (C=O) groups excluding carboxylic acids is 1. The number of nitrogens with one attached hydrogen (secondary N) is 1. The zero-order chi connectivity index (χ0) is 15.6. The number of carbonyl (C=O) groups is 1. The van der Waals surface area contributed by atoms with Gasteiger partial charge in [0.05, 0.1) is 17.4 Å². The van der Waals surface area contributed by atoms with E-state index in [1.54, 1.807) is 10.9 Å². The molecule has 5 nitrogen and oxygen atoms in total. The Labute approximate surface area is 120 Å². The Kier molecular flexibility index (Phi) is 4.21. The molecule has 2 aromatic rings. The van der Waals surface area contributed by atoms with Crippen LogP contribution in [0.25, 0.3) is 0 Å². The molecule has 1 aromatic carbocycles. The number of primary amides is 1. The molecule has 1 amide bonds. The van der Waals surface area contributed by atoms with Crippen molar-refractivity contribution in [3.8, 4) is 0 Å². The molecule has 0 spiro atoms. The van der Waals surface area contributed by atoms with Crippen LogP contribution >= 0.6 is 0 Å². The fourth-order valence-electron chi connectivity index (χ4n) is 1.82. The van der Waals surface area contributed by atoms with Gasteiger partial charge in [0.1, 0.15) is 11.6 Å². The third-order valence-corrected chi connectivity index (χ3v) is 2.99. The summed E-state index contributed by atoms with van der Waals surface area (Å²) in [6, 6.07) is 1.93. The molecule has 1 aromatic heterocycles. The third-order valence-electron chi connectivity index (χ3n) is 2.99. The number of hydrogen-bond acceptors (Lipinski definition) is 3. The Bertz CT molecular complexity index is 667. The molecule has 0 aliphatic heterocycles. The number of benzene rings is 1. The molecule has 0 radical (unpaired) electrons. The monoisotopic (exact) mass is 294 g/mol. The highest BCUT2D eigenvalue weighted by Gasteiger charge is 2.14. The quantitative estimate of drug-likeness (QED) is 0.889. The molecule has 2 rings (SSSR count). The summed E-state index contributed by atoms with van der Waals surface area (Å²) in [5.41, 5.74) is 5.54. The molecule has 0 unspecified atom stereocenters. The molecule has 0 saturated carbocycles. The summed E-state index contributed by atoms with van der Waals surface area (Å²) in [6.45, 7) is 4.28. The van der Waals surface area contributed by atoms with Gasteiger partial charge in [0.2, 0.25) is 0 Å². The lowest BCUT2D eigenvalue weighted by Gasteiger charge is -2.08. The molecule has 0 atom stereocenters. The van der Waals surface area contributed by atoms with Gasteiger partial charge >= 0.3 is 0 Å². The lowest BCUT2D eigenvalue weighted by atomic mass is 10.1. The van der Waals surface area contributed by atoms with E-state index < -0.39 is 17.5 Å². The van der Waals surface area contributed by atoms with E-state index in [4.69, 9.17) is 5.73 Å². The number of nitrogens with zero attached hydrogens (tertiary/aromatic N) is 2. The first-order valence-electron chi connectivity index (χ1n) is 6.44. The molecule has 112 valence electrons. The van der Waals surface area contributed by atoms with Crippen LogP contribution < -0.4 is 11.1 Å². The highest BCUT2D eigenvalue weighted by Crippen LogP contribution is 2.20. The van der Waals surface area contributed by atoms with Gasteiger partial charge in [-0.3, -0.25) is 9.48 Å². The Morgan fingerprint density at radius 1 is 1.38 bits per heavy atom. The largest absolute Gasteiger partial charge is 0.378 e. The lowest BCUT2D eigenvalue weighted by molar-refractivity contribution is 0.0996. The first kappa shape index (κ1) is 15.0. The minimum Gasteiger partial charge on any atom is -0.378 e. The van der Waals surface area contributed by atoms with Gasteiger partial charge in [-0.25, -0.2) is 8.78 Å². The maximum absolute atomic E-state index is 13.7. The summed E-state index contributed by atoms with van der Waals surface area (Å²) in [7, 11) is 0. The molecule has 0 saturated heterocycles. The second-order valence-corrected chi connectivity index (χ2v) is 4.95. The van der Waals surface area contributed by atoms with Crippen molar-refractivity contribution in [2.24, 2.45) is 5.73 Å². The number of hydrogen-bond donors (Lipinski definition) is 2. The summed E-state index contributed by atoms with van der Waals surface area (Å²) in [5.74, 6) is -2.70. The fraction of sp³-hybridized carbons (Fsp3) is 0.286. The van der Waals surface area contributed by atoms with Gasteiger partial charge in [-0.05, 0) is 19.9 Å². The Balaban J connectivity index is 2.15. The van der Waals surface area contributed by atoms with Crippen molar-refractivity contribution in [1.82, 2.24) is 9.78 Å². The normalized spacial score (nSPS) is 10.9. The maximum atomic E-state index is 13.7. The van der Waals surface area contributed by atoms with Crippen LogP contribution in [0.5, 0.6) is 0 Å². The van der Waals surface area contributed by atoms with E-state index in [1.807, 2.05) is 20.0 Å². The molecule has 7 heteroatoms. The third kappa shape index (κ3) is 3.36. The summed E-state index contributed by atoms with van der Waals surface area (Å²) in [5, 5.41) is 6.96. The number of halogens is 2. The molecular weight excluding hydrogens is 278 g/mol. The molecule has 21 heavy (non-hydrogen) atoms. The van der Waals surface area contributed by atoms with E-state index in [0.717, 1.165) is 11.6 Å². The van der Waals surface area contributed by atoms with E-state index in [-0.39, 0.29) is 17.3 Å². The Morgan fingerprint density at radius 2 is 2.10 bits per heavy atom. The highest BCUT2D eigenvalue weighted by molar-refractivity contribution is 5.94. The second-order valence-electron chi connectivity index (χ2n) is 4.95. The summed E-state index contributed by atoms with van der Waals surface area (Å²) >= 11 is 0. The lowest BCUT2D eigenvalue weighted by Crippen LogP contribution is -2.14. The minimum absolute atomic E-state index is 0.0162. The van der Waals surface area contributed by atoms with Crippen molar-refractivity contribution in [3.63, 3.8) is 0 Å². The smallest absolute Gasteiger partial charge is 0.251 e. The molecular formula is C14H16F2N4O. The van der Waals surface area contributed by atoms with Crippen LogP contribution in [0.4, 0.5) is 14.5 Å². The van der Waals surface area contributed by atoms with E-state index in [9.17, 15) is 13.6 Å². The SMILES string of the molecule is CC(C)n1cc(CNc2cc(C(N)=O)c(F)cc2F)cn1. The fourth-order valence-corrected chi connectivity index (χ4v) is 1.82. The minimum atomic E-state index is -0.974. The van der Waals surface area contributed by atoms with Crippen LogP contribution in [0, 0.1) is 11.6 Å². The number of rotatable bonds is 5. The van der Waals surface area contributed by atoms with Crippen LogP contribution in [0.1, 0.15) is 35.8 Å². The zero-order valence-corrected chi connectivity index (χ0v) is 11.7. The van der Waals surface area contributed by atoms with Crippen LogP contribution in [0.15, 0.2) is 24.5 Å². The van der Waals surface area contributed by atoms with Gasteiger partial charge < -0.3 is 11.1 Å². The Morgan fingerprint density at radius 3 is 2.67 bits per heavy atom. The van der Waals surface area contributed by atoms with Crippen molar-refractivity contribution >= 4 is 11.6 Å². The van der Waals surface area contributed by atoms with Gasteiger partial charge in [0.25, 0.3) is 5.91 Å². The van der Waals surface area contributed by atoms with Gasteiger partial charge in [-0.15, -0.1) is 0 Å². The van der Waals surface area contributed by atoms with Crippen LogP contribution in [-0.4, -0.2) is 15.7 Å². The molecule has 0 aliphatic carbocycles. The Hall–Kier alpha value is -2.44. The van der Waals surface area contributed by atoms with Crippen molar-refractivity contribution in [2.45, 2.75) is 26.4 Å². The van der Waals surface area contributed by atoms with E-state index in [0.29, 0.717) is 12.6 Å². The van der Waals surface area contributed by atoms with Gasteiger partial charge in [0, 0.05) is 30.4 Å². The first-order valence-corrected chi connectivity index (χ1v) is 6.44. The van der Waals surface area contributed by atoms with Crippen molar-refractivity contribution in [3.05, 3.63) is 47.3 Å². The van der Waals surface area contributed by atoms with Gasteiger partial charge in [0.15, 0.2) is 0 Å². The summed E-state index contributed by atoms with van der Waals surface area (Å²) < 4.78 is 28.8. The highest BCUT2D eigenvalue weighted by atomic mass is 19.1. The van der Waals surface area contributed by atoms with E-state index >= 15 is 0 Å². The van der Waals surface area contributed by atoms with E-state index in [2.05, 4.69) is 10.4 Å². The molecule has 1 heterocycles. The van der Waals surface area contributed by atoms with Crippen molar-refractivity contribution in [2.75, 3.05) is 5.32 Å². The average Bonchev–Trinajstić information content (AvgIpc) is 2.86. The van der Waals surface area contributed by atoms with Gasteiger partial charge in [-0.1, -0.05) is 0 Å². The average molecular weight is 294 g/mol. The molecule has 0 fully saturated rings. The van der Waals surface area contributed by atoms with Gasteiger partial charge in [-0.2, -0.15) is 5.10 Å². The van der Waals surface area contributed by atoms with Crippen LogP contribution in [-0.2, 0) is 6.54 Å². The van der Waals surface area contributed by atoms with Crippen LogP contribution in [0.3, 0.4) is 0 Å². The number of anilines is 1. The van der Waals surface area contributed by atoms with E-state index in [1.165, 1.54) is 0 Å². The second kappa shape index (κ2) is 5.90. The zero-order valence-electron chi connectivity index (χ0n) is 11.7. The number of nitrogens with two attached hydrogens (primary N) is 1. The standard InChI is InChI=1S/C14H16F2N4O/c1-8(2)20-7-9(6-19-20)5-18-13-3-10(14(17)21)11(15)4-12(13)16/h3-4,6-8,18H,5H2,1-2H3,(H2,17,21). The van der Waals surface area contributed by atoms with Crippen LogP contribution in [0.2, 0.25) is 0 Å².